The number of aliphatic hydroxyl groups excluding tert-OH is 1. The lowest BCUT2D eigenvalue weighted by atomic mass is 10.2. The van der Waals surface area contributed by atoms with E-state index in [1.54, 1.807) is 0 Å². The van der Waals surface area contributed by atoms with E-state index < -0.39 is 12.1 Å². The molecule has 1 saturated heterocycles. The monoisotopic (exact) mass is 200 g/mol. The molecule has 4 nitrogen and oxygen atoms in total. The topological polar surface area (TPSA) is 59.1 Å². The van der Waals surface area contributed by atoms with Gasteiger partial charge in [-0.05, 0) is 6.42 Å². The van der Waals surface area contributed by atoms with Gasteiger partial charge in [0, 0.05) is 12.0 Å². The van der Waals surface area contributed by atoms with Crippen LogP contribution in [-0.4, -0.2) is 36.5 Å². The van der Waals surface area contributed by atoms with Gasteiger partial charge >= 0.3 is 5.97 Å². The van der Waals surface area contributed by atoms with Crippen LogP contribution in [0.3, 0.4) is 0 Å². The highest BCUT2D eigenvalue weighted by atomic mass is 16.6. The van der Waals surface area contributed by atoms with Crippen molar-refractivity contribution in [3.8, 4) is 0 Å². The molecule has 80 valence electrons. The van der Waals surface area contributed by atoms with Gasteiger partial charge in [0.1, 0.15) is 6.61 Å². The molecule has 0 bridgehead atoms. The standard InChI is InChI=1S/C10H16O4/c1-3-8(11)5-14-10(12)7(2)4-9-6-13-9/h8-9,11H,2-6H2,1H3. The second kappa shape index (κ2) is 5.12. The Balaban J connectivity index is 2.16. The van der Waals surface area contributed by atoms with E-state index in [1.807, 2.05) is 6.92 Å². The molecule has 0 radical (unpaired) electrons. The van der Waals surface area contributed by atoms with E-state index in [2.05, 4.69) is 6.58 Å². The Hall–Kier alpha value is -0.870. The predicted molar refractivity (Wildman–Crippen MR) is 50.8 cm³/mol. The third-order valence-corrected chi connectivity index (χ3v) is 2.04. The number of ether oxygens (including phenoxy) is 2. The molecule has 0 aromatic carbocycles. The number of rotatable bonds is 6. The highest BCUT2D eigenvalue weighted by Gasteiger charge is 2.26. The summed E-state index contributed by atoms with van der Waals surface area (Å²) in [5.74, 6) is -0.437. The van der Waals surface area contributed by atoms with E-state index in [4.69, 9.17) is 14.6 Å². The predicted octanol–water partition coefficient (Wildman–Crippen LogP) is 0.646. The molecule has 0 aliphatic carbocycles. The zero-order chi connectivity index (χ0) is 10.6. The normalized spacial score (nSPS) is 21.4. The second-order valence-electron chi connectivity index (χ2n) is 3.42. The van der Waals surface area contributed by atoms with Crippen LogP contribution in [0.1, 0.15) is 19.8 Å². The zero-order valence-electron chi connectivity index (χ0n) is 8.36. The van der Waals surface area contributed by atoms with Crippen LogP contribution in [0.2, 0.25) is 0 Å². The second-order valence-corrected chi connectivity index (χ2v) is 3.42. The third kappa shape index (κ3) is 3.89. The summed E-state index contributed by atoms with van der Waals surface area (Å²) < 4.78 is 9.80. The van der Waals surface area contributed by atoms with Crippen LogP contribution in [0.25, 0.3) is 0 Å². The number of hydrogen-bond acceptors (Lipinski definition) is 4. The highest BCUT2D eigenvalue weighted by Crippen LogP contribution is 2.18. The number of epoxide rings is 1. The molecular weight excluding hydrogens is 184 g/mol. The molecule has 2 unspecified atom stereocenters. The highest BCUT2D eigenvalue weighted by molar-refractivity contribution is 5.87. The third-order valence-electron chi connectivity index (χ3n) is 2.04. The Bertz CT molecular complexity index is 220. The summed E-state index contributed by atoms with van der Waals surface area (Å²) in [4.78, 5) is 11.2. The van der Waals surface area contributed by atoms with Crippen LogP contribution in [0.5, 0.6) is 0 Å². The molecule has 1 aliphatic heterocycles. The first kappa shape index (κ1) is 11.2. The van der Waals surface area contributed by atoms with Crippen molar-refractivity contribution in [2.24, 2.45) is 0 Å². The summed E-state index contributed by atoms with van der Waals surface area (Å²) in [5.41, 5.74) is 0.413. The van der Waals surface area contributed by atoms with Crippen molar-refractivity contribution >= 4 is 5.97 Å². The van der Waals surface area contributed by atoms with E-state index in [1.165, 1.54) is 0 Å². The van der Waals surface area contributed by atoms with Gasteiger partial charge in [0.15, 0.2) is 0 Å². The molecule has 1 rings (SSSR count). The average molecular weight is 200 g/mol. The average Bonchev–Trinajstić information content (AvgIpc) is 2.97. The Morgan fingerprint density at radius 1 is 1.79 bits per heavy atom. The van der Waals surface area contributed by atoms with Crippen molar-refractivity contribution < 1.29 is 19.4 Å². The first-order valence-electron chi connectivity index (χ1n) is 4.78. The SMILES string of the molecule is C=C(CC1CO1)C(=O)OCC(O)CC. The zero-order valence-corrected chi connectivity index (χ0v) is 8.36. The Morgan fingerprint density at radius 3 is 2.93 bits per heavy atom. The van der Waals surface area contributed by atoms with Crippen LogP contribution < -0.4 is 0 Å². The summed E-state index contributed by atoms with van der Waals surface area (Å²) in [5, 5.41) is 9.15. The number of aliphatic hydroxyl groups is 1. The summed E-state index contributed by atoms with van der Waals surface area (Å²) >= 11 is 0. The van der Waals surface area contributed by atoms with Crippen molar-refractivity contribution in [1.82, 2.24) is 0 Å². The molecule has 0 spiro atoms. The fourth-order valence-corrected chi connectivity index (χ4v) is 0.936. The maximum Gasteiger partial charge on any atom is 0.333 e. The van der Waals surface area contributed by atoms with E-state index in [9.17, 15) is 4.79 Å². The molecule has 1 N–H and O–H groups in total. The van der Waals surface area contributed by atoms with E-state index >= 15 is 0 Å². The molecule has 0 amide bonds. The van der Waals surface area contributed by atoms with Gasteiger partial charge < -0.3 is 14.6 Å². The summed E-state index contributed by atoms with van der Waals surface area (Å²) in [6.45, 7) is 6.17. The summed E-state index contributed by atoms with van der Waals surface area (Å²) in [7, 11) is 0. The maximum atomic E-state index is 11.2. The summed E-state index contributed by atoms with van der Waals surface area (Å²) in [6.07, 6.45) is 0.669. The molecule has 14 heavy (non-hydrogen) atoms. The van der Waals surface area contributed by atoms with Gasteiger partial charge in [-0.15, -0.1) is 0 Å². The fraction of sp³-hybridized carbons (Fsp3) is 0.700. The lowest BCUT2D eigenvalue weighted by Gasteiger charge is -2.09. The molecule has 0 aromatic heterocycles. The van der Waals surface area contributed by atoms with Gasteiger partial charge in [0.05, 0.1) is 18.8 Å². The van der Waals surface area contributed by atoms with Gasteiger partial charge in [-0.1, -0.05) is 13.5 Å². The smallest absolute Gasteiger partial charge is 0.333 e. The van der Waals surface area contributed by atoms with Crippen molar-refractivity contribution in [2.45, 2.75) is 32.0 Å². The van der Waals surface area contributed by atoms with E-state index in [-0.39, 0.29) is 12.7 Å². The molecule has 1 heterocycles. The maximum absolute atomic E-state index is 11.2. The lowest BCUT2D eigenvalue weighted by Crippen LogP contribution is -2.18. The quantitative estimate of drug-likeness (QED) is 0.388. The van der Waals surface area contributed by atoms with Crippen LogP contribution in [0, 0.1) is 0 Å². The molecule has 1 aliphatic rings. The molecular formula is C10H16O4. The Kier molecular flexibility index (Phi) is 4.10. The van der Waals surface area contributed by atoms with Crippen molar-refractivity contribution in [1.29, 1.82) is 0 Å². The first-order valence-corrected chi connectivity index (χ1v) is 4.78. The summed E-state index contributed by atoms with van der Waals surface area (Å²) in [6, 6.07) is 0. The minimum atomic E-state index is -0.580. The van der Waals surface area contributed by atoms with Crippen LogP contribution in [0.4, 0.5) is 0 Å². The minimum Gasteiger partial charge on any atom is -0.460 e. The van der Waals surface area contributed by atoms with Gasteiger partial charge in [0.2, 0.25) is 0 Å². The minimum absolute atomic E-state index is 0.0415. The number of esters is 1. The molecule has 0 saturated carbocycles. The fourth-order valence-electron chi connectivity index (χ4n) is 0.936. The lowest BCUT2D eigenvalue weighted by molar-refractivity contribution is -0.142. The number of carbonyl (C=O) groups excluding carboxylic acids is 1. The number of carbonyl (C=O) groups is 1. The molecule has 1 fully saturated rings. The van der Waals surface area contributed by atoms with Crippen molar-refractivity contribution in [3.63, 3.8) is 0 Å². The largest absolute Gasteiger partial charge is 0.460 e. The van der Waals surface area contributed by atoms with Crippen molar-refractivity contribution in [2.75, 3.05) is 13.2 Å². The molecule has 2 atom stereocenters. The molecule has 4 heteroatoms. The van der Waals surface area contributed by atoms with E-state index in [0.717, 1.165) is 0 Å². The van der Waals surface area contributed by atoms with Crippen LogP contribution in [0.15, 0.2) is 12.2 Å². The molecule has 0 aromatic rings. The first-order chi connectivity index (χ1) is 6.63. The van der Waals surface area contributed by atoms with Gasteiger partial charge in [-0.3, -0.25) is 0 Å². The van der Waals surface area contributed by atoms with Gasteiger partial charge in [-0.25, -0.2) is 4.79 Å². The Labute approximate surface area is 83.5 Å². The van der Waals surface area contributed by atoms with Crippen LogP contribution >= 0.6 is 0 Å². The number of hydrogen-bond donors (Lipinski definition) is 1. The van der Waals surface area contributed by atoms with Gasteiger partial charge in [-0.2, -0.15) is 0 Å². The van der Waals surface area contributed by atoms with Crippen LogP contribution in [-0.2, 0) is 14.3 Å². The van der Waals surface area contributed by atoms with Crippen molar-refractivity contribution in [3.05, 3.63) is 12.2 Å². The Morgan fingerprint density at radius 2 is 2.43 bits per heavy atom. The van der Waals surface area contributed by atoms with E-state index in [0.29, 0.717) is 25.0 Å². The van der Waals surface area contributed by atoms with Gasteiger partial charge in [0.25, 0.3) is 0 Å².